The van der Waals surface area contributed by atoms with Crippen LogP contribution in [0.1, 0.15) is 25.1 Å². The fourth-order valence-corrected chi connectivity index (χ4v) is 4.37. The van der Waals surface area contributed by atoms with Gasteiger partial charge in [0.2, 0.25) is 0 Å². The zero-order valence-corrected chi connectivity index (χ0v) is 17.6. The first kappa shape index (κ1) is 18.1. The highest BCUT2D eigenvalue weighted by Crippen LogP contribution is 2.32. The zero-order chi connectivity index (χ0) is 20.9. The van der Waals surface area contributed by atoms with Crippen molar-refractivity contribution in [3.63, 3.8) is 0 Å². The first-order chi connectivity index (χ1) is 15.2. The number of hydrogen-bond donors (Lipinski definition) is 2. The molecule has 6 rings (SSSR count). The first-order valence-corrected chi connectivity index (χ1v) is 10.6. The molecule has 2 N–H and O–H groups in total. The van der Waals surface area contributed by atoms with Gasteiger partial charge in [0.15, 0.2) is 5.82 Å². The molecule has 1 saturated heterocycles. The van der Waals surface area contributed by atoms with Crippen molar-refractivity contribution in [2.24, 2.45) is 7.05 Å². The van der Waals surface area contributed by atoms with Crippen LogP contribution in [0, 0.1) is 6.92 Å². The topological polar surface area (TPSA) is 104 Å². The van der Waals surface area contributed by atoms with Gasteiger partial charge in [-0.05, 0) is 32.3 Å². The van der Waals surface area contributed by atoms with E-state index in [9.17, 15) is 0 Å². The number of anilines is 1. The third-order valence-electron chi connectivity index (χ3n) is 6.23. The van der Waals surface area contributed by atoms with Crippen molar-refractivity contribution in [2.45, 2.75) is 26.2 Å². The Morgan fingerprint density at radius 2 is 1.84 bits per heavy atom. The van der Waals surface area contributed by atoms with E-state index in [1.165, 1.54) is 19.3 Å². The minimum atomic E-state index is 0.728. The zero-order valence-electron chi connectivity index (χ0n) is 17.6. The lowest BCUT2D eigenvalue weighted by atomic mass is 10.1. The molecule has 1 fully saturated rings. The molecule has 1 aliphatic heterocycles. The lowest BCUT2D eigenvalue weighted by Gasteiger charge is -2.28. The Hall–Kier alpha value is -3.75. The third kappa shape index (κ3) is 2.88. The van der Waals surface area contributed by atoms with Crippen LogP contribution in [0.5, 0.6) is 0 Å². The number of hydrogen-bond acceptors (Lipinski definition) is 6. The van der Waals surface area contributed by atoms with Gasteiger partial charge in [-0.2, -0.15) is 5.10 Å². The molecule has 0 aromatic carbocycles. The molecular formula is C22H23N9. The van der Waals surface area contributed by atoms with Crippen LogP contribution in [-0.2, 0) is 7.05 Å². The van der Waals surface area contributed by atoms with Crippen LogP contribution in [-0.4, -0.2) is 52.8 Å². The van der Waals surface area contributed by atoms with Crippen molar-refractivity contribution in [1.82, 2.24) is 39.7 Å². The van der Waals surface area contributed by atoms with Crippen molar-refractivity contribution in [3.8, 4) is 22.9 Å². The summed E-state index contributed by atoms with van der Waals surface area (Å²) in [5.74, 6) is 1.67. The number of nitrogens with one attached hydrogen (secondary N) is 2. The molecule has 156 valence electrons. The summed E-state index contributed by atoms with van der Waals surface area (Å²) in [7, 11) is 1.99. The highest BCUT2D eigenvalue weighted by molar-refractivity contribution is 5.96. The average Bonchev–Trinajstić information content (AvgIpc) is 3.50. The van der Waals surface area contributed by atoms with E-state index in [1.54, 1.807) is 0 Å². The standard InChI is InChI=1S/C22H23N9/c1-13-24-12-18(30(13)2)15-8-14-16(10-25-15)28-29-20(14)22-26-17-9-23-11-19(21(17)27-22)31-6-4-3-5-7-31/h8-12H,3-7H2,1-2H3,(H,26,27)(H,28,29). The van der Waals surface area contributed by atoms with Gasteiger partial charge in [0.25, 0.3) is 0 Å². The number of H-pyrrole nitrogens is 2. The average molecular weight is 413 g/mol. The van der Waals surface area contributed by atoms with Crippen molar-refractivity contribution >= 4 is 27.6 Å². The number of imidazole rings is 2. The maximum Gasteiger partial charge on any atom is 0.159 e. The first-order valence-electron chi connectivity index (χ1n) is 10.6. The summed E-state index contributed by atoms with van der Waals surface area (Å²) in [6, 6.07) is 2.04. The fourth-order valence-electron chi connectivity index (χ4n) is 4.37. The van der Waals surface area contributed by atoms with Crippen LogP contribution in [0.3, 0.4) is 0 Å². The van der Waals surface area contributed by atoms with Crippen LogP contribution < -0.4 is 4.90 Å². The molecule has 5 aromatic rings. The van der Waals surface area contributed by atoms with Gasteiger partial charge in [-0.1, -0.05) is 0 Å². The molecule has 0 saturated carbocycles. The molecular weight excluding hydrogens is 390 g/mol. The molecule has 0 unspecified atom stereocenters. The van der Waals surface area contributed by atoms with E-state index in [-0.39, 0.29) is 0 Å². The molecule has 6 heterocycles. The third-order valence-corrected chi connectivity index (χ3v) is 6.23. The van der Waals surface area contributed by atoms with Gasteiger partial charge >= 0.3 is 0 Å². The molecule has 0 spiro atoms. The largest absolute Gasteiger partial charge is 0.368 e. The number of piperidine rings is 1. The molecule has 0 bridgehead atoms. The summed E-state index contributed by atoms with van der Waals surface area (Å²) < 4.78 is 2.03. The quantitative estimate of drug-likeness (QED) is 0.468. The molecule has 31 heavy (non-hydrogen) atoms. The van der Waals surface area contributed by atoms with E-state index >= 15 is 0 Å². The van der Waals surface area contributed by atoms with E-state index < -0.39 is 0 Å². The molecule has 5 aromatic heterocycles. The van der Waals surface area contributed by atoms with Gasteiger partial charge in [-0.25, -0.2) is 9.97 Å². The molecule has 1 aliphatic rings. The number of aromatic amines is 2. The number of aryl methyl sites for hydroxylation is 1. The summed E-state index contributed by atoms with van der Waals surface area (Å²) in [6.07, 6.45) is 11.1. The van der Waals surface area contributed by atoms with Gasteiger partial charge in [-0.15, -0.1) is 0 Å². The second-order valence-electron chi connectivity index (χ2n) is 8.12. The molecule has 9 heteroatoms. The Balaban J connectivity index is 1.47. The summed E-state index contributed by atoms with van der Waals surface area (Å²) in [5, 5.41) is 8.60. The number of rotatable bonds is 3. The summed E-state index contributed by atoms with van der Waals surface area (Å²) in [5.41, 5.74) is 6.42. The maximum atomic E-state index is 4.95. The van der Waals surface area contributed by atoms with Gasteiger partial charge < -0.3 is 14.5 Å². The maximum absolute atomic E-state index is 4.95. The van der Waals surface area contributed by atoms with Crippen LogP contribution in [0.15, 0.2) is 30.9 Å². The molecule has 0 radical (unpaired) electrons. The number of nitrogens with zero attached hydrogens (tertiary/aromatic N) is 7. The van der Waals surface area contributed by atoms with Gasteiger partial charge in [-0.3, -0.25) is 15.1 Å². The molecule has 0 aliphatic carbocycles. The van der Waals surface area contributed by atoms with E-state index in [4.69, 9.17) is 4.98 Å². The number of pyridine rings is 2. The lowest BCUT2D eigenvalue weighted by Crippen LogP contribution is -2.29. The van der Waals surface area contributed by atoms with Crippen LogP contribution in [0.2, 0.25) is 0 Å². The molecule has 9 nitrogen and oxygen atoms in total. The summed E-state index contributed by atoms with van der Waals surface area (Å²) >= 11 is 0. The minimum absolute atomic E-state index is 0.728. The van der Waals surface area contributed by atoms with Crippen LogP contribution >= 0.6 is 0 Å². The van der Waals surface area contributed by atoms with Gasteiger partial charge in [0.05, 0.1) is 52.9 Å². The van der Waals surface area contributed by atoms with Crippen LogP contribution in [0.25, 0.3) is 44.8 Å². The van der Waals surface area contributed by atoms with Crippen molar-refractivity contribution in [2.75, 3.05) is 18.0 Å². The SMILES string of the molecule is Cc1ncc(-c2cc3c(-c4nc5c(N6CCCCC6)cncc5[nH]4)n[nH]c3cn2)n1C. The number of fused-ring (bicyclic) bond motifs is 2. The lowest BCUT2D eigenvalue weighted by molar-refractivity contribution is 0.578. The van der Waals surface area contributed by atoms with E-state index in [1.807, 2.05) is 49.4 Å². The van der Waals surface area contributed by atoms with E-state index in [0.717, 1.165) is 69.4 Å². The van der Waals surface area contributed by atoms with Crippen molar-refractivity contribution in [3.05, 3.63) is 36.7 Å². The Bertz CT molecular complexity index is 1400. The van der Waals surface area contributed by atoms with E-state index in [2.05, 4.69) is 35.0 Å². The molecule has 0 atom stereocenters. The predicted molar refractivity (Wildman–Crippen MR) is 120 cm³/mol. The second-order valence-corrected chi connectivity index (χ2v) is 8.12. The predicted octanol–water partition coefficient (Wildman–Crippen LogP) is 3.60. The van der Waals surface area contributed by atoms with Crippen molar-refractivity contribution in [1.29, 1.82) is 0 Å². The summed E-state index contributed by atoms with van der Waals surface area (Å²) in [6.45, 7) is 4.08. The highest BCUT2D eigenvalue weighted by atomic mass is 15.2. The number of aromatic nitrogens is 8. The van der Waals surface area contributed by atoms with E-state index in [0.29, 0.717) is 0 Å². The Morgan fingerprint density at radius 3 is 2.65 bits per heavy atom. The highest BCUT2D eigenvalue weighted by Gasteiger charge is 2.19. The minimum Gasteiger partial charge on any atom is -0.368 e. The smallest absolute Gasteiger partial charge is 0.159 e. The Labute approximate surface area is 178 Å². The fraction of sp³-hybridized carbons (Fsp3) is 0.318. The van der Waals surface area contributed by atoms with Crippen molar-refractivity contribution < 1.29 is 0 Å². The monoisotopic (exact) mass is 413 g/mol. The van der Waals surface area contributed by atoms with Gasteiger partial charge in [0, 0.05) is 25.5 Å². The van der Waals surface area contributed by atoms with Gasteiger partial charge in [0.1, 0.15) is 17.0 Å². The normalized spacial score (nSPS) is 14.7. The molecule has 0 amide bonds. The van der Waals surface area contributed by atoms with Crippen LogP contribution in [0.4, 0.5) is 5.69 Å². The Kier molecular flexibility index (Phi) is 4.02. The Morgan fingerprint density at radius 1 is 0.968 bits per heavy atom. The summed E-state index contributed by atoms with van der Waals surface area (Å²) in [4.78, 5) is 24.2. The second kappa shape index (κ2) is 6.90.